The molecule has 0 heterocycles. The summed E-state index contributed by atoms with van der Waals surface area (Å²) in [7, 11) is 0. The molecule has 2 heteroatoms. The van der Waals surface area contributed by atoms with Crippen molar-refractivity contribution in [3.63, 3.8) is 0 Å². The normalized spacial score (nSPS) is 12.5. The van der Waals surface area contributed by atoms with Gasteiger partial charge >= 0.3 is 0 Å². The van der Waals surface area contributed by atoms with Crippen molar-refractivity contribution in [2.24, 2.45) is 5.73 Å². The fourth-order valence-electron chi connectivity index (χ4n) is 2.69. The van der Waals surface area contributed by atoms with Gasteiger partial charge in [-0.25, -0.2) is 0 Å². The minimum atomic E-state index is -0.0847. The molecule has 2 N–H and O–H groups in total. The zero-order valence-corrected chi connectivity index (χ0v) is 12.8. The Hall–Kier alpha value is -1.83. The molecule has 3 rings (SSSR count). The highest BCUT2D eigenvalue weighted by Crippen LogP contribution is 2.27. The fraction of sp³-hybridized carbons (Fsp3) is 0.158. The van der Waals surface area contributed by atoms with Crippen LogP contribution in [-0.2, 0) is 6.42 Å². The minimum absolute atomic E-state index is 0.0847. The lowest BCUT2D eigenvalue weighted by Gasteiger charge is -2.15. The highest BCUT2D eigenvalue weighted by Gasteiger charge is 2.12. The number of fused-ring (bicyclic) bond motifs is 1. The van der Waals surface area contributed by atoms with Crippen molar-refractivity contribution in [3.8, 4) is 0 Å². The Morgan fingerprint density at radius 2 is 1.71 bits per heavy atom. The Labute approximate surface area is 130 Å². The van der Waals surface area contributed by atoms with Crippen LogP contribution in [0.3, 0.4) is 0 Å². The molecule has 0 aromatic heterocycles. The molecule has 0 radical (unpaired) electrons. The van der Waals surface area contributed by atoms with E-state index in [1.165, 1.54) is 16.3 Å². The highest BCUT2D eigenvalue weighted by molar-refractivity contribution is 6.32. The van der Waals surface area contributed by atoms with Gasteiger partial charge in [0.15, 0.2) is 0 Å². The van der Waals surface area contributed by atoms with Crippen LogP contribution in [0.1, 0.15) is 22.7 Å². The summed E-state index contributed by atoms with van der Waals surface area (Å²) in [4.78, 5) is 0. The van der Waals surface area contributed by atoms with E-state index in [0.29, 0.717) is 0 Å². The third-order valence-electron chi connectivity index (χ3n) is 3.89. The molecule has 3 aromatic rings. The maximum atomic E-state index is 6.37. The lowest BCUT2D eigenvalue weighted by atomic mass is 9.96. The molecule has 0 bridgehead atoms. The Morgan fingerprint density at radius 1 is 0.952 bits per heavy atom. The summed E-state index contributed by atoms with van der Waals surface area (Å²) < 4.78 is 0. The predicted molar refractivity (Wildman–Crippen MR) is 90.8 cm³/mol. The summed E-state index contributed by atoms with van der Waals surface area (Å²) in [6.45, 7) is 2.01. The van der Waals surface area contributed by atoms with Crippen LogP contribution in [-0.4, -0.2) is 0 Å². The topological polar surface area (TPSA) is 26.0 Å². The number of halogens is 1. The van der Waals surface area contributed by atoms with Crippen LogP contribution in [0.15, 0.2) is 60.7 Å². The van der Waals surface area contributed by atoms with E-state index < -0.39 is 0 Å². The smallest absolute Gasteiger partial charge is 0.0483 e. The molecule has 1 atom stereocenters. The van der Waals surface area contributed by atoms with Gasteiger partial charge in [0.05, 0.1) is 0 Å². The van der Waals surface area contributed by atoms with Crippen LogP contribution < -0.4 is 5.73 Å². The summed E-state index contributed by atoms with van der Waals surface area (Å²) in [6.07, 6.45) is 0.786. The maximum absolute atomic E-state index is 6.37. The molecule has 0 saturated heterocycles. The van der Waals surface area contributed by atoms with Crippen molar-refractivity contribution in [2.45, 2.75) is 19.4 Å². The molecule has 1 nitrogen and oxygen atoms in total. The minimum Gasteiger partial charge on any atom is -0.324 e. The molecule has 106 valence electrons. The zero-order valence-electron chi connectivity index (χ0n) is 12.0. The molecule has 3 aromatic carbocycles. The van der Waals surface area contributed by atoms with Crippen molar-refractivity contribution >= 4 is 22.4 Å². The Kier molecular flexibility index (Phi) is 3.96. The summed E-state index contributed by atoms with van der Waals surface area (Å²) >= 11 is 6.37. The second kappa shape index (κ2) is 5.88. The van der Waals surface area contributed by atoms with Gasteiger partial charge in [0.2, 0.25) is 0 Å². The summed E-state index contributed by atoms with van der Waals surface area (Å²) in [5.74, 6) is 0. The lowest BCUT2D eigenvalue weighted by molar-refractivity contribution is 0.722. The first-order chi connectivity index (χ1) is 10.1. The van der Waals surface area contributed by atoms with E-state index in [-0.39, 0.29) is 6.04 Å². The molecule has 0 aliphatic heterocycles. The van der Waals surface area contributed by atoms with Gasteiger partial charge in [-0.05, 0) is 40.8 Å². The first kappa shape index (κ1) is 14.1. The molecule has 0 saturated carbocycles. The van der Waals surface area contributed by atoms with Crippen molar-refractivity contribution in [2.75, 3.05) is 0 Å². The largest absolute Gasteiger partial charge is 0.324 e. The second-order valence-corrected chi connectivity index (χ2v) is 5.85. The average Bonchev–Trinajstić information content (AvgIpc) is 2.50. The summed E-state index contributed by atoms with van der Waals surface area (Å²) in [6, 6.07) is 20.8. The number of hydrogen-bond donors (Lipinski definition) is 1. The van der Waals surface area contributed by atoms with Gasteiger partial charge in [0.25, 0.3) is 0 Å². The first-order valence-corrected chi connectivity index (χ1v) is 7.51. The van der Waals surface area contributed by atoms with Crippen LogP contribution >= 0.6 is 11.6 Å². The Bertz CT molecular complexity index is 779. The van der Waals surface area contributed by atoms with Crippen LogP contribution in [0.2, 0.25) is 5.02 Å². The zero-order chi connectivity index (χ0) is 14.8. The van der Waals surface area contributed by atoms with E-state index >= 15 is 0 Å². The summed E-state index contributed by atoms with van der Waals surface area (Å²) in [5.41, 5.74) is 9.68. The lowest BCUT2D eigenvalue weighted by Crippen LogP contribution is -2.14. The van der Waals surface area contributed by atoms with Crippen molar-refractivity contribution in [1.29, 1.82) is 0 Å². The van der Waals surface area contributed by atoms with E-state index in [2.05, 4.69) is 42.5 Å². The molecule has 1 unspecified atom stereocenters. The third-order valence-corrected chi connectivity index (χ3v) is 4.41. The fourth-order valence-corrected chi connectivity index (χ4v) is 2.95. The molecule has 21 heavy (non-hydrogen) atoms. The number of benzene rings is 3. The highest BCUT2D eigenvalue weighted by atomic mass is 35.5. The van der Waals surface area contributed by atoms with E-state index in [4.69, 9.17) is 17.3 Å². The molecule has 0 aliphatic rings. The number of hydrogen-bond acceptors (Lipinski definition) is 1. The van der Waals surface area contributed by atoms with Gasteiger partial charge in [-0.3, -0.25) is 0 Å². The SMILES string of the molecule is Cc1cccc(C(N)Cc2ccc3ccccc3c2)c1Cl. The number of rotatable bonds is 3. The van der Waals surface area contributed by atoms with Gasteiger partial charge in [0.1, 0.15) is 0 Å². The quantitative estimate of drug-likeness (QED) is 0.719. The van der Waals surface area contributed by atoms with Crippen LogP contribution in [0.25, 0.3) is 10.8 Å². The van der Waals surface area contributed by atoms with Crippen LogP contribution in [0.5, 0.6) is 0 Å². The summed E-state index contributed by atoms with van der Waals surface area (Å²) in [5, 5.41) is 3.28. The van der Waals surface area contributed by atoms with E-state index in [0.717, 1.165) is 22.6 Å². The second-order valence-electron chi connectivity index (χ2n) is 5.47. The van der Waals surface area contributed by atoms with Crippen molar-refractivity contribution in [3.05, 3.63) is 82.4 Å². The Morgan fingerprint density at radius 3 is 2.52 bits per heavy atom. The van der Waals surface area contributed by atoms with Crippen molar-refractivity contribution in [1.82, 2.24) is 0 Å². The van der Waals surface area contributed by atoms with E-state index in [1.54, 1.807) is 0 Å². The van der Waals surface area contributed by atoms with Gasteiger partial charge in [-0.1, -0.05) is 72.3 Å². The van der Waals surface area contributed by atoms with Gasteiger partial charge in [-0.2, -0.15) is 0 Å². The van der Waals surface area contributed by atoms with E-state index in [9.17, 15) is 0 Å². The molecule has 0 fully saturated rings. The first-order valence-electron chi connectivity index (χ1n) is 7.13. The van der Waals surface area contributed by atoms with Gasteiger partial charge < -0.3 is 5.73 Å². The Balaban J connectivity index is 1.89. The van der Waals surface area contributed by atoms with E-state index in [1.807, 2.05) is 25.1 Å². The molecule has 0 aliphatic carbocycles. The average molecular weight is 296 g/mol. The van der Waals surface area contributed by atoms with Gasteiger partial charge in [-0.15, -0.1) is 0 Å². The predicted octanol–water partition coefficient (Wildman–Crippen LogP) is 5.04. The van der Waals surface area contributed by atoms with Gasteiger partial charge in [0, 0.05) is 11.1 Å². The number of aryl methyl sites for hydroxylation is 1. The monoisotopic (exact) mass is 295 g/mol. The number of nitrogens with two attached hydrogens (primary N) is 1. The van der Waals surface area contributed by atoms with Crippen LogP contribution in [0.4, 0.5) is 0 Å². The molecular formula is C19H18ClN. The molecule has 0 spiro atoms. The molecule has 0 amide bonds. The van der Waals surface area contributed by atoms with Crippen LogP contribution in [0, 0.1) is 6.92 Å². The maximum Gasteiger partial charge on any atom is 0.0483 e. The molecular weight excluding hydrogens is 278 g/mol. The standard InChI is InChI=1S/C19H18ClN/c1-13-5-4-8-17(19(13)20)18(21)12-14-9-10-15-6-2-3-7-16(15)11-14/h2-11,18H,12,21H2,1H3. The third kappa shape index (κ3) is 2.94. The van der Waals surface area contributed by atoms with Crippen molar-refractivity contribution < 1.29 is 0 Å².